The Balaban J connectivity index is 3.95. The van der Waals surface area contributed by atoms with Gasteiger partial charge in [-0.2, -0.15) is 0 Å². The topological polar surface area (TPSA) is 99.4 Å². The average Bonchev–Trinajstić information content (AvgIpc) is 2.13. The molecular formula is C8H18O6. The van der Waals surface area contributed by atoms with E-state index in [0.717, 1.165) is 0 Å². The highest BCUT2D eigenvalue weighted by molar-refractivity contribution is 4.55. The van der Waals surface area contributed by atoms with Gasteiger partial charge in [0.2, 0.25) is 0 Å². The summed E-state index contributed by atoms with van der Waals surface area (Å²) in [5, 5.41) is 35.6. The molecule has 0 fully saturated rings. The van der Waals surface area contributed by atoms with Crippen LogP contribution in [0.5, 0.6) is 0 Å². The monoisotopic (exact) mass is 210 g/mol. The van der Waals surface area contributed by atoms with Crippen molar-refractivity contribution in [3.8, 4) is 0 Å². The standard InChI is InChI=1S/C8H18O6/c1-7(11)6-14-8(12,2-3-9)13-5-4-10/h7,9-12H,2-6H2,1H3. The van der Waals surface area contributed by atoms with Gasteiger partial charge in [-0.05, 0) is 6.92 Å². The molecule has 0 saturated heterocycles. The van der Waals surface area contributed by atoms with E-state index in [9.17, 15) is 5.11 Å². The molecule has 0 aromatic carbocycles. The number of hydrogen-bond donors (Lipinski definition) is 4. The molecule has 0 aromatic rings. The third-order valence-electron chi connectivity index (χ3n) is 1.40. The third kappa shape index (κ3) is 6.25. The van der Waals surface area contributed by atoms with Crippen LogP contribution >= 0.6 is 0 Å². The van der Waals surface area contributed by atoms with Crippen LogP contribution in [0.15, 0.2) is 0 Å². The molecule has 2 unspecified atom stereocenters. The lowest BCUT2D eigenvalue weighted by Gasteiger charge is -2.27. The first-order chi connectivity index (χ1) is 6.54. The minimum absolute atomic E-state index is 0.101. The molecule has 14 heavy (non-hydrogen) atoms. The van der Waals surface area contributed by atoms with Crippen molar-refractivity contribution >= 4 is 0 Å². The zero-order chi connectivity index (χ0) is 11.0. The Bertz CT molecular complexity index is 140. The Hall–Kier alpha value is -0.240. The first-order valence-corrected chi connectivity index (χ1v) is 4.44. The summed E-state index contributed by atoms with van der Waals surface area (Å²) in [5.41, 5.74) is 0. The first-order valence-electron chi connectivity index (χ1n) is 4.44. The van der Waals surface area contributed by atoms with Gasteiger partial charge in [-0.3, -0.25) is 0 Å². The summed E-state index contributed by atoms with van der Waals surface area (Å²) in [7, 11) is 0. The fraction of sp³-hybridized carbons (Fsp3) is 1.00. The molecular weight excluding hydrogens is 192 g/mol. The van der Waals surface area contributed by atoms with E-state index >= 15 is 0 Å². The van der Waals surface area contributed by atoms with E-state index in [1.54, 1.807) is 0 Å². The van der Waals surface area contributed by atoms with Crippen LogP contribution in [-0.2, 0) is 9.47 Å². The van der Waals surface area contributed by atoms with E-state index in [2.05, 4.69) is 0 Å². The first kappa shape index (κ1) is 13.8. The zero-order valence-electron chi connectivity index (χ0n) is 8.22. The highest BCUT2D eigenvalue weighted by Gasteiger charge is 2.28. The molecule has 2 atom stereocenters. The Labute approximate surface area is 82.7 Å². The van der Waals surface area contributed by atoms with Crippen molar-refractivity contribution < 1.29 is 29.9 Å². The molecule has 0 aliphatic heterocycles. The molecule has 86 valence electrons. The third-order valence-corrected chi connectivity index (χ3v) is 1.40. The van der Waals surface area contributed by atoms with Gasteiger partial charge in [-0.1, -0.05) is 0 Å². The largest absolute Gasteiger partial charge is 0.396 e. The normalized spacial score (nSPS) is 17.8. The molecule has 6 nitrogen and oxygen atoms in total. The minimum Gasteiger partial charge on any atom is -0.396 e. The second-order valence-corrected chi connectivity index (χ2v) is 2.92. The highest BCUT2D eigenvalue weighted by Crippen LogP contribution is 2.14. The summed E-state index contributed by atoms with van der Waals surface area (Å²) in [6.45, 7) is 0.706. The average molecular weight is 210 g/mol. The maximum atomic E-state index is 9.56. The smallest absolute Gasteiger partial charge is 0.282 e. The van der Waals surface area contributed by atoms with E-state index in [4.69, 9.17) is 24.8 Å². The predicted octanol–water partition coefficient (Wildman–Crippen LogP) is -1.58. The molecule has 0 radical (unpaired) electrons. The lowest BCUT2D eigenvalue weighted by atomic mass is 10.3. The number of hydrogen-bond acceptors (Lipinski definition) is 6. The van der Waals surface area contributed by atoms with E-state index in [1.165, 1.54) is 6.92 Å². The molecule has 0 amide bonds. The van der Waals surface area contributed by atoms with E-state index in [0.29, 0.717) is 0 Å². The van der Waals surface area contributed by atoms with E-state index in [-0.39, 0.29) is 32.8 Å². The summed E-state index contributed by atoms with van der Waals surface area (Å²) in [6.07, 6.45) is -0.877. The molecule has 0 spiro atoms. The van der Waals surface area contributed by atoms with Crippen molar-refractivity contribution in [1.29, 1.82) is 0 Å². The second kappa shape index (κ2) is 7.10. The van der Waals surface area contributed by atoms with Crippen LogP contribution < -0.4 is 0 Å². The summed E-state index contributed by atoms with van der Waals surface area (Å²) >= 11 is 0. The molecule has 6 heteroatoms. The Morgan fingerprint density at radius 2 is 1.86 bits per heavy atom. The number of aliphatic hydroxyl groups excluding tert-OH is 3. The van der Waals surface area contributed by atoms with Crippen molar-refractivity contribution in [3.05, 3.63) is 0 Å². The quantitative estimate of drug-likeness (QED) is 0.361. The lowest BCUT2D eigenvalue weighted by Crippen LogP contribution is -2.39. The van der Waals surface area contributed by atoms with Crippen LogP contribution in [-0.4, -0.2) is 58.9 Å². The maximum Gasteiger partial charge on any atom is 0.282 e. The number of rotatable bonds is 8. The van der Waals surface area contributed by atoms with E-state index < -0.39 is 12.1 Å². The van der Waals surface area contributed by atoms with E-state index in [1.807, 2.05) is 0 Å². The number of ether oxygens (including phenoxy) is 2. The SMILES string of the molecule is CC(O)COC(O)(CCO)OCCO. The van der Waals surface area contributed by atoms with Gasteiger partial charge >= 0.3 is 0 Å². The van der Waals surface area contributed by atoms with Gasteiger partial charge in [0.25, 0.3) is 5.97 Å². The minimum atomic E-state index is -1.94. The maximum absolute atomic E-state index is 9.56. The summed E-state index contributed by atoms with van der Waals surface area (Å²) in [5.74, 6) is -1.94. The van der Waals surface area contributed by atoms with Crippen molar-refractivity contribution in [1.82, 2.24) is 0 Å². The van der Waals surface area contributed by atoms with Gasteiger partial charge in [0.05, 0.1) is 39.0 Å². The lowest BCUT2D eigenvalue weighted by molar-refractivity contribution is -0.370. The van der Waals surface area contributed by atoms with Crippen LogP contribution in [0, 0.1) is 0 Å². The summed E-state index contributed by atoms with van der Waals surface area (Å²) < 4.78 is 9.63. The fourth-order valence-corrected chi connectivity index (χ4v) is 0.783. The van der Waals surface area contributed by atoms with Crippen LogP contribution in [0.1, 0.15) is 13.3 Å². The van der Waals surface area contributed by atoms with Crippen molar-refractivity contribution in [3.63, 3.8) is 0 Å². The van der Waals surface area contributed by atoms with Gasteiger partial charge in [0.1, 0.15) is 0 Å². The molecule has 0 rings (SSSR count). The summed E-state index contributed by atoms with van der Waals surface area (Å²) in [6, 6.07) is 0. The van der Waals surface area contributed by atoms with Crippen molar-refractivity contribution in [2.45, 2.75) is 25.4 Å². The molecule has 0 bridgehead atoms. The van der Waals surface area contributed by atoms with Crippen molar-refractivity contribution in [2.75, 3.05) is 26.4 Å². The van der Waals surface area contributed by atoms with Crippen LogP contribution in [0.4, 0.5) is 0 Å². The molecule has 0 heterocycles. The van der Waals surface area contributed by atoms with Crippen LogP contribution in [0.3, 0.4) is 0 Å². The Kier molecular flexibility index (Phi) is 6.98. The predicted molar refractivity (Wildman–Crippen MR) is 47.3 cm³/mol. The van der Waals surface area contributed by atoms with Crippen LogP contribution in [0.2, 0.25) is 0 Å². The summed E-state index contributed by atoms with van der Waals surface area (Å²) in [4.78, 5) is 0. The zero-order valence-corrected chi connectivity index (χ0v) is 8.22. The molecule has 0 aromatic heterocycles. The number of aliphatic hydroxyl groups is 4. The molecule has 4 N–H and O–H groups in total. The van der Waals surface area contributed by atoms with Gasteiger partial charge in [-0.15, -0.1) is 0 Å². The van der Waals surface area contributed by atoms with Gasteiger partial charge in [0, 0.05) is 0 Å². The molecule has 0 aliphatic rings. The second-order valence-electron chi connectivity index (χ2n) is 2.92. The van der Waals surface area contributed by atoms with Gasteiger partial charge in [-0.25, -0.2) is 0 Å². The Morgan fingerprint density at radius 1 is 1.21 bits per heavy atom. The van der Waals surface area contributed by atoms with Crippen molar-refractivity contribution in [2.24, 2.45) is 0 Å². The molecule has 0 aliphatic carbocycles. The fourth-order valence-electron chi connectivity index (χ4n) is 0.783. The van der Waals surface area contributed by atoms with Gasteiger partial charge in [0.15, 0.2) is 0 Å². The van der Waals surface area contributed by atoms with Crippen LogP contribution in [0.25, 0.3) is 0 Å². The van der Waals surface area contributed by atoms with Gasteiger partial charge < -0.3 is 29.9 Å². The highest BCUT2D eigenvalue weighted by atomic mass is 16.8. The Morgan fingerprint density at radius 3 is 2.29 bits per heavy atom. The molecule has 0 saturated carbocycles.